The number of ether oxygens (including phenoxy) is 1. The molecule has 27 heavy (non-hydrogen) atoms. The van der Waals surface area contributed by atoms with Crippen LogP contribution in [0.25, 0.3) is 0 Å². The molecule has 1 aliphatic rings. The minimum Gasteiger partial charge on any atom is -0.475 e. The molecule has 0 fully saturated rings. The van der Waals surface area contributed by atoms with E-state index in [0.29, 0.717) is 6.61 Å². The zero-order valence-electron chi connectivity index (χ0n) is 15.6. The van der Waals surface area contributed by atoms with Gasteiger partial charge in [0.1, 0.15) is 6.61 Å². The van der Waals surface area contributed by atoms with Gasteiger partial charge in [-0.15, -0.1) is 0 Å². The van der Waals surface area contributed by atoms with Crippen LogP contribution in [0, 0.1) is 0 Å². The quantitative estimate of drug-likeness (QED) is 0.587. The summed E-state index contributed by atoms with van der Waals surface area (Å²) in [7, 11) is -0.666. The first-order valence-electron chi connectivity index (χ1n) is 9.57. The van der Waals surface area contributed by atoms with Crippen molar-refractivity contribution < 1.29 is 4.74 Å². The molecule has 3 heteroatoms. The molecule has 136 valence electrons. The Labute approximate surface area is 162 Å². The Morgan fingerprint density at radius 2 is 1.44 bits per heavy atom. The van der Waals surface area contributed by atoms with Crippen LogP contribution in [-0.4, -0.2) is 18.5 Å². The Morgan fingerprint density at radius 3 is 2.07 bits per heavy atom. The molecule has 3 aromatic carbocycles. The average Bonchev–Trinajstić information content (AvgIpc) is 3.19. The summed E-state index contributed by atoms with van der Waals surface area (Å²) >= 11 is 0. The predicted octanol–water partition coefficient (Wildman–Crippen LogP) is 4.39. The van der Waals surface area contributed by atoms with Crippen molar-refractivity contribution >= 4 is 29.7 Å². The molecule has 0 N–H and O–H groups in total. The van der Waals surface area contributed by atoms with Gasteiger partial charge < -0.3 is 4.74 Å². The molecule has 0 saturated carbocycles. The van der Waals surface area contributed by atoms with Gasteiger partial charge in [-0.1, -0.05) is 92.2 Å². The maximum atomic E-state index is 6.03. The van der Waals surface area contributed by atoms with E-state index in [9.17, 15) is 0 Å². The van der Waals surface area contributed by atoms with Gasteiger partial charge in [-0.25, -0.2) is 4.99 Å². The van der Waals surface area contributed by atoms with Crippen LogP contribution in [0.1, 0.15) is 25.3 Å². The second-order valence-corrected chi connectivity index (χ2v) is 8.90. The van der Waals surface area contributed by atoms with E-state index in [-0.39, 0.29) is 6.04 Å². The average molecular weight is 373 g/mol. The Morgan fingerprint density at radius 1 is 0.852 bits per heavy atom. The second kappa shape index (κ2) is 8.50. The number of rotatable bonds is 6. The molecule has 0 aliphatic carbocycles. The fraction of sp³-hybridized carbons (Fsp3) is 0.208. The molecule has 1 heterocycles. The van der Waals surface area contributed by atoms with Crippen LogP contribution in [0.5, 0.6) is 0 Å². The third kappa shape index (κ3) is 3.96. The highest BCUT2D eigenvalue weighted by atomic mass is 31.1. The summed E-state index contributed by atoms with van der Waals surface area (Å²) in [5.41, 5.74) is 1.13. The number of nitrogens with zero attached hydrogens (tertiary/aromatic N) is 1. The van der Waals surface area contributed by atoms with Gasteiger partial charge in [-0.05, 0) is 36.3 Å². The molecule has 0 spiro atoms. The number of hydrogen-bond acceptors (Lipinski definition) is 2. The molecule has 2 nitrogen and oxygen atoms in total. The lowest BCUT2D eigenvalue weighted by atomic mass is 10.2. The largest absolute Gasteiger partial charge is 0.475 e. The number of aliphatic imine (C=N–C) groups is 1. The highest BCUT2D eigenvalue weighted by Crippen LogP contribution is 2.34. The van der Waals surface area contributed by atoms with E-state index in [4.69, 9.17) is 9.73 Å². The molecule has 4 rings (SSSR count). The summed E-state index contributed by atoms with van der Waals surface area (Å²) in [6, 6.07) is 30.4. The van der Waals surface area contributed by atoms with Gasteiger partial charge in [0.15, 0.2) is 0 Å². The van der Waals surface area contributed by atoms with Crippen molar-refractivity contribution in [1.29, 1.82) is 0 Å². The second-order valence-electron chi connectivity index (χ2n) is 6.71. The first kappa shape index (κ1) is 17.9. The Bertz CT molecular complexity index is 868. The normalized spacial score (nSPS) is 16.2. The first-order valence-corrected chi connectivity index (χ1v) is 10.9. The van der Waals surface area contributed by atoms with Crippen molar-refractivity contribution in [2.75, 3.05) is 6.61 Å². The minimum atomic E-state index is -0.666. The van der Waals surface area contributed by atoms with Crippen LogP contribution in [-0.2, 0) is 4.74 Å². The highest BCUT2D eigenvalue weighted by Gasteiger charge is 2.25. The molecule has 0 bridgehead atoms. The lowest BCUT2D eigenvalue weighted by Crippen LogP contribution is -2.25. The molecule has 1 atom stereocenters. The van der Waals surface area contributed by atoms with E-state index in [1.807, 2.05) is 0 Å². The lowest BCUT2D eigenvalue weighted by molar-refractivity contribution is 0.311. The molecule has 3 aromatic rings. The van der Waals surface area contributed by atoms with Crippen molar-refractivity contribution in [3.05, 3.63) is 90.5 Å². The third-order valence-corrected chi connectivity index (χ3v) is 7.24. The fourth-order valence-corrected chi connectivity index (χ4v) is 5.92. The SMILES string of the molecule is CCC[C@@H]1COC(c2ccccc2P(c2ccccc2)c2ccccc2)=N1. The maximum absolute atomic E-state index is 6.03. The summed E-state index contributed by atoms with van der Waals surface area (Å²) in [5.74, 6) is 0.809. The fourth-order valence-electron chi connectivity index (χ4n) is 3.47. The molecular formula is C24H24NOP. The van der Waals surface area contributed by atoms with Crippen LogP contribution < -0.4 is 15.9 Å². The van der Waals surface area contributed by atoms with Crippen molar-refractivity contribution in [2.45, 2.75) is 25.8 Å². The van der Waals surface area contributed by atoms with Crippen molar-refractivity contribution in [3.8, 4) is 0 Å². The van der Waals surface area contributed by atoms with Crippen LogP contribution in [0.4, 0.5) is 0 Å². The van der Waals surface area contributed by atoms with Gasteiger partial charge in [-0.3, -0.25) is 0 Å². The Kier molecular flexibility index (Phi) is 5.65. The maximum Gasteiger partial charge on any atom is 0.217 e. The molecule has 0 aromatic heterocycles. The van der Waals surface area contributed by atoms with E-state index in [0.717, 1.165) is 24.3 Å². The summed E-state index contributed by atoms with van der Waals surface area (Å²) in [4.78, 5) is 4.88. The van der Waals surface area contributed by atoms with Crippen LogP contribution >= 0.6 is 7.92 Å². The molecular weight excluding hydrogens is 349 g/mol. The topological polar surface area (TPSA) is 21.6 Å². The first-order chi connectivity index (χ1) is 13.4. The minimum absolute atomic E-state index is 0.290. The molecule has 0 saturated heterocycles. The molecule has 1 aliphatic heterocycles. The smallest absolute Gasteiger partial charge is 0.217 e. The zero-order valence-corrected chi connectivity index (χ0v) is 16.5. The lowest BCUT2D eigenvalue weighted by Gasteiger charge is -2.22. The van der Waals surface area contributed by atoms with Crippen molar-refractivity contribution in [2.24, 2.45) is 4.99 Å². The van der Waals surface area contributed by atoms with Gasteiger partial charge in [-0.2, -0.15) is 0 Å². The zero-order chi connectivity index (χ0) is 18.5. The van der Waals surface area contributed by atoms with E-state index < -0.39 is 7.92 Å². The van der Waals surface area contributed by atoms with Gasteiger partial charge in [0.05, 0.1) is 6.04 Å². The summed E-state index contributed by atoms with van der Waals surface area (Å²) < 4.78 is 6.03. The summed E-state index contributed by atoms with van der Waals surface area (Å²) in [6.45, 7) is 2.90. The molecule has 0 amide bonds. The van der Waals surface area contributed by atoms with Crippen LogP contribution in [0.15, 0.2) is 89.9 Å². The highest BCUT2D eigenvalue weighted by molar-refractivity contribution is 7.80. The van der Waals surface area contributed by atoms with E-state index in [2.05, 4.69) is 91.9 Å². The van der Waals surface area contributed by atoms with Gasteiger partial charge in [0.25, 0.3) is 0 Å². The number of hydrogen-bond donors (Lipinski definition) is 0. The van der Waals surface area contributed by atoms with Gasteiger partial charge in [0, 0.05) is 5.56 Å². The van der Waals surface area contributed by atoms with Crippen molar-refractivity contribution in [3.63, 3.8) is 0 Å². The molecule has 0 radical (unpaired) electrons. The standard InChI is InChI=1S/C24H24NOP/c1-2-11-19-18-26-24(25-19)22-16-9-10-17-23(22)27(20-12-5-3-6-13-20)21-14-7-4-8-15-21/h3-10,12-17,19H,2,11,18H2,1H3/t19-/m1/s1. The predicted molar refractivity (Wildman–Crippen MR) is 116 cm³/mol. The summed E-state index contributed by atoms with van der Waals surface area (Å²) in [5, 5.41) is 3.99. The monoisotopic (exact) mass is 373 g/mol. The van der Waals surface area contributed by atoms with Gasteiger partial charge >= 0.3 is 0 Å². The van der Waals surface area contributed by atoms with Crippen molar-refractivity contribution in [1.82, 2.24) is 0 Å². The van der Waals surface area contributed by atoms with Crippen LogP contribution in [0.2, 0.25) is 0 Å². The van der Waals surface area contributed by atoms with Gasteiger partial charge in [0.2, 0.25) is 5.90 Å². The van der Waals surface area contributed by atoms with E-state index >= 15 is 0 Å². The summed E-state index contributed by atoms with van der Waals surface area (Å²) in [6.07, 6.45) is 2.21. The van der Waals surface area contributed by atoms with E-state index in [1.165, 1.54) is 15.9 Å². The van der Waals surface area contributed by atoms with Crippen LogP contribution in [0.3, 0.4) is 0 Å². The Balaban J connectivity index is 1.81. The van der Waals surface area contributed by atoms with E-state index in [1.54, 1.807) is 0 Å². The third-order valence-electron chi connectivity index (χ3n) is 4.74. The number of benzene rings is 3. The Hall–Kier alpha value is -2.44. The molecule has 0 unspecified atom stereocenters.